The van der Waals surface area contributed by atoms with Crippen LogP contribution in [0.4, 0.5) is 5.13 Å². The highest BCUT2D eigenvalue weighted by Gasteiger charge is 2.48. The highest BCUT2D eigenvalue weighted by Crippen LogP contribution is 2.46. The van der Waals surface area contributed by atoms with Crippen LogP contribution in [0.3, 0.4) is 0 Å². The molecule has 0 unspecified atom stereocenters. The van der Waals surface area contributed by atoms with Crippen LogP contribution in [0.5, 0.6) is 23.0 Å². The standard InChI is InChI=1S/C38H34N2O7S/c1-4-44-27-13-14-28-32(20-27)48-38(39-28)40-34(24-11-16-30(31(19-24)45-5-2)46-21-23-9-7-6-8-10-23)33(36(42)37(40)43)35(41)25-12-15-29-26(18-25)17-22(3)47-29/h6-16,18-20,22,34,41H,4-5,17,21H2,1-3H3/t22-,34+/m1/s1. The van der Waals surface area contributed by atoms with Crippen LogP contribution in [0.2, 0.25) is 0 Å². The van der Waals surface area contributed by atoms with E-state index in [0.717, 1.165) is 21.6 Å². The van der Waals surface area contributed by atoms with Crippen molar-refractivity contribution in [3.05, 3.63) is 113 Å². The molecule has 9 nitrogen and oxygen atoms in total. The van der Waals surface area contributed by atoms with Crippen molar-refractivity contribution in [2.45, 2.75) is 45.9 Å². The van der Waals surface area contributed by atoms with Gasteiger partial charge in [0.2, 0.25) is 0 Å². The number of ether oxygens (including phenoxy) is 4. The van der Waals surface area contributed by atoms with Crippen molar-refractivity contribution < 1.29 is 33.6 Å². The Hall–Kier alpha value is -5.35. The average molecular weight is 663 g/mol. The predicted octanol–water partition coefficient (Wildman–Crippen LogP) is 7.62. The zero-order valence-corrected chi connectivity index (χ0v) is 27.6. The molecule has 0 spiro atoms. The molecule has 0 saturated carbocycles. The van der Waals surface area contributed by atoms with Gasteiger partial charge in [0.25, 0.3) is 5.78 Å². The number of hydrogen-bond donors (Lipinski definition) is 1. The van der Waals surface area contributed by atoms with Gasteiger partial charge in [0.15, 0.2) is 16.6 Å². The molecular weight excluding hydrogens is 628 g/mol. The third-order valence-electron chi connectivity index (χ3n) is 8.30. The lowest BCUT2D eigenvalue weighted by molar-refractivity contribution is -0.132. The monoisotopic (exact) mass is 662 g/mol. The molecule has 2 atom stereocenters. The second-order valence-electron chi connectivity index (χ2n) is 11.6. The van der Waals surface area contributed by atoms with Gasteiger partial charge in [0.1, 0.15) is 30.0 Å². The molecule has 4 aromatic carbocycles. The van der Waals surface area contributed by atoms with E-state index in [1.807, 2.05) is 75.4 Å². The maximum atomic E-state index is 13.9. The van der Waals surface area contributed by atoms with Crippen molar-refractivity contribution in [1.82, 2.24) is 4.98 Å². The number of rotatable bonds is 10. The minimum atomic E-state index is -0.997. The summed E-state index contributed by atoms with van der Waals surface area (Å²) in [6, 6.07) is 24.9. The minimum absolute atomic E-state index is 0.00450. The summed E-state index contributed by atoms with van der Waals surface area (Å²) >= 11 is 1.27. The van der Waals surface area contributed by atoms with Crippen LogP contribution in [0.1, 0.15) is 49.1 Å². The number of fused-ring (bicyclic) bond motifs is 2. The van der Waals surface area contributed by atoms with E-state index in [4.69, 9.17) is 23.9 Å². The number of nitrogens with zero attached hydrogens (tertiary/aromatic N) is 2. The van der Waals surface area contributed by atoms with E-state index in [-0.39, 0.29) is 17.4 Å². The Morgan fingerprint density at radius 3 is 2.54 bits per heavy atom. The van der Waals surface area contributed by atoms with Gasteiger partial charge in [-0.2, -0.15) is 0 Å². The lowest BCUT2D eigenvalue weighted by atomic mass is 9.94. The summed E-state index contributed by atoms with van der Waals surface area (Å²) in [5, 5.41) is 12.1. The fourth-order valence-corrected chi connectivity index (χ4v) is 7.16. The first kappa shape index (κ1) is 31.3. The zero-order valence-electron chi connectivity index (χ0n) is 26.8. The van der Waals surface area contributed by atoms with Crippen LogP contribution in [0, 0.1) is 0 Å². The summed E-state index contributed by atoms with van der Waals surface area (Å²) in [7, 11) is 0. The molecule has 2 aliphatic heterocycles. The molecule has 0 aliphatic carbocycles. The number of aromatic nitrogens is 1. The molecule has 0 radical (unpaired) electrons. The van der Waals surface area contributed by atoms with Crippen LogP contribution in [0.25, 0.3) is 16.0 Å². The van der Waals surface area contributed by atoms with Crippen molar-refractivity contribution >= 4 is 44.1 Å². The second-order valence-corrected chi connectivity index (χ2v) is 12.6. The van der Waals surface area contributed by atoms with E-state index in [0.29, 0.717) is 65.3 Å². The molecule has 2 aliphatic rings. The largest absolute Gasteiger partial charge is 0.507 e. The molecule has 244 valence electrons. The molecule has 1 saturated heterocycles. The number of aliphatic hydroxyl groups is 1. The first-order chi connectivity index (χ1) is 23.3. The van der Waals surface area contributed by atoms with E-state index < -0.39 is 17.7 Å². The maximum Gasteiger partial charge on any atom is 0.301 e. The number of thiazole rings is 1. The van der Waals surface area contributed by atoms with Gasteiger partial charge in [-0.3, -0.25) is 14.5 Å². The van der Waals surface area contributed by atoms with E-state index in [2.05, 4.69) is 0 Å². The molecular formula is C38H34N2O7S. The summed E-state index contributed by atoms with van der Waals surface area (Å²) in [4.78, 5) is 34.0. The van der Waals surface area contributed by atoms with Gasteiger partial charge in [-0.1, -0.05) is 47.7 Å². The Balaban J connectivity index is 1.35. The molecule has 10 heteroatoms. The lowest BCUT2D eigenvalue weighted by Gasteiger charge is -2.24. The fourth-order valence-electron chi connectivity index (χ4n) is 6.14. The summed E-state index contributed by atoms with van der Waals surface area (Å²) in [5.41, 5.74) is 3.52. The molecule has 1 N–H and O–H groups in total. The highest BCUT2D eigenvalue weighted by atomic mass is 32.1. The number of ketones is 1. The maximum absolute atomic E-state index is 13.9. The SMILES string of the molecule is CCOc1ccc2nc(N3C(=O)C(=O)C(=C(O)c4ccc5c(c4)C[C@@H](C)O5)[C@@H]3c3ccc(OCc4ccccc4)c(OCC)c3)sc2c1. The highest BCUT2D eigenvalue weighted by molar-refractivity contribution is 7.22. The Morgan fingerprint density at radius 2 is 1.75 bits per heavy atom. The predicted molar refractivity (Wildman–Crippen MR) is 184 cm³/mol. The van der Waals surface area contributed by atoms with Crippen molar-refractivity contribution in [3.8, 4) is 23.0 Å². The van der Waals surface area contributed by atoms with E-state index in [9.17, 15) is 14.7 Å². The third-order valence-corrected chi connectivity index (χ3v) is 9.32. The average Bonchev–Trinajstić information content (AvgIpc) is 3.76. The Kier molecular flexibility index (Phi) is 8.49. The molecule has 3 heterocycles. The molecule has 1 aromatic heterocycles. The smallest absolute Gasteiger partial charge is 0.301 e. The first-order valence-corrected chi connectivity index (χ1v) is 16.7. The molecule has 5 aromatic rings. The van der Waals surface area contributed by atoms with Crippen molar-refractivity contribution in [2.24, 2.45) is 0 Å². The van der Waals surface area contributed by atoms with Gasteiger partial charge >= 0.3 is 5.91 Å². The first-order valence-electron chi connectivity index (χ1n) is 15.9. The summed E-state index contributed by atoms with van der Waals surface area (Å²) < 4.78 is 24.5. The van der Waals surface area contributed by atoms with Crippen LogP contribution < -0.4 is 23.8 Å². The number of amides is 1. The Morgan fingerprint density at radius 1 is 0.938 bits per heavy atom. The number of carbonyl (C=O) groups excluding carboxylic acids is 2. The fraction of sp³-hybridized carbons (Fsp3) is 0.237. The molecule has 1 fully saturated rings. The lowest BCUT2D eigenvalue weighted by Crippen LogP contribution is -2.29. The van der Waals surface area contributed by atoms with Crippen LogP contribution in [-0.4, -0.2) is 41.1 Å². The number of carbonyl (C=O) groups is 2. The third kappa shape index (κ3) is 5.84. The zero-order chi connectivity index (χ0) is 33.4. The van der Waals surface area contributed by atoms with Crippen molar-refractivity contribution in [1.29, 1.82) is 0 Å². The number of hydrogen-bond acceptors (Lipinski definition) is 9. The Bertz CT molecular complexity index is 2060. The van der Waals surface area contributed by atoms with Gasteiger partial charge in [0.05, 0.1) is 35.0 Å². The van der Waals surface area contributed by atoms with Gasteiger partial charge in [-0.15, -0.1) is 0 Å². The number of Topliss-reactive ketones (excluding diaryl/α,β-unsaturated/α-hetero) is 1. The number of anilines is 1. The topological polar surface area (TPSA) is 107 Å². The van der Waals surface area contributed by atoms with Gasteiger partial charge in [-0.05, 0) is 86.0 Å². The summed E-state index contributed by atoms with van der Waals surface area (Å²) in [6.07, 6.45) is 0.677. The van der Waals surface area contributed by atoms with E-state index in [1.165, 1.54) is 16.2 Å². The van der Waals surface area contributed by atoms with Crippen molar-refractivity contribution in [2.75, 3.05) is 18.1 Å². The van der Waals surface area contributed by atoms with E-state index in [1.54, 1.807) is 30.3 Å². The second kappa shape index (κ2) is 13.0. The van der Waals surface area contributed by atoms with Crippen molar-refractivity contribution in [3.63, 3.8) is 0 Å². The van der Waals surface area contributed by atoms with Gasteiger partial charge in [-0.25, -0.2) is 4.98 Å². The van der Waals surface area contributed by atoms with Gasteiger partial charge < -0.3 is 24.1 Å². The molecule has 7 rings (SSSR count). The van der Waals surface area contributed by atoms with E-state index >= 15 is 0 Å². The molecule has 48 heavy (non-hydrogen) atoms. The summed E-state index contributed by atoms with van der Waals surface area (Å²) in [5.74, 6) is 0.518. The quantitative estimate of drug-likeness (QED) is 0.0925. The van der Waals surface area contributed by atoms with Crippen LogP contribution >= 0.6 is 11.3 Å². The normalized spacial score (nSPS) is 18.2. The summed E-state index contributed by atoms with van der Waals surface area (Å²) in [6.45, 7) is 6.95. The van der Waals surface area contributed by atoms with Crippen LogP contribution in [0.15, 0.2) is 90.5 Å². The Labute approximate surface area is 282 Å². The number of benzene rings is 4. The van der Waals surface area contributed by atoms with Gasteiger partial charge in [0, 0.05) is 12.0 Å². The molecule has 1 amide bonds. The van der Waals surface area contributed by atoms with Crippen LogP contribution in [-0.2, 0) is 22.6 Å². The number of aliphatic hydroxyl groups excluding tert-OH is 1. The molecule has 0 bridgehead atoms. The minimum Gasteiger partial charge on any atom is -0.507 e.